The lowest BCUT2D eigenvalue weighted by Crippen LogP contribution is -2.15. The molecule has 1 N–H and O–H groups in total. The van der Waals surface area contributed by atoms with Gasteiger partial charge in [0.25, 0.3) is 0 Å². The van der Waals surface area contributed by atoms with Gasteiger partial charge in [0.05, 0.1) is 40.0 Å². The van der Waals surface area contributed by atoms with Crippen molar-refractivity contribution in [1.82, 2.24) is 28.9 Å². The van der Waals surface area contributed by atoms with E-state index in [2.05, 4.69) is 20.4 Å². The molecule has 1 aliphatic carbocycles. The van der Waals surface area contributed by atoms with Gasteiger partial charge in [-0.15, -0.1) is 0 Å². The Morgan fingerprint density at radius 3 is 2.51 bits per heavy atom. The molecule has 0 aliphatic heterocycles. The number of benzene rings is 1. The van der Waals surface area contributed by atoms with Gasteiger partial charge in [-0.05, 0) is 37.3 Å². The van der Waals surface area contributed by atoms with Crippen LogP contribution in [0.4, 0.5) is 16.3 Å². The molecule has 0 spiro atoms. The minimum Gasteiger partial charge on any atom is -0.410 e. The molecule has 37 heavy (non-hydrogen) atoms. The molecule has 9 nitrogen and oxygen atoms in total. The summed E-state index contributed by atoms with van der Waals surface area (Å²) in [5.41, 5.74) is 4.70. The largest absolute Gasteiger partial charge is 0.424 e. The zero-order valence-corrected chi connectivity index (χ0v) is 21.1. The fourth-order valence-corrected chi connectivity index (χ4v) is 4.43. The van der Waals surface area contributed by atoms with Crippen LogP contribution >= 0.6 is 11.6 Å². The van der Waals surface area contributed by atoms with Crippen molar-refractivity contribution in [2.75, 3.05) is 5.32 Å². The number of allylic oxidation sites excluding steroid dienone is 3. The van der Waals surface area contributed by atoms with E-state index < -0.39 is 6.09 Å². The van der Waals surface area contributed by atoms with Gasteiger partial charge in [-0.3, -0.25) is 4.68 Å². The standard InChI is InChI=1S/C27H22ClN7O2/c1-16-29-14-25(34(16)3)17-7-8-22(21(28)9-17)32-26-11-24-18(12-30-26)10-23(19-13-31-33(2)15-19)35(24)27(36)37-20-5-4-6-20/h4-15H,1-3H3,(H,30,32). The van der Waals surface area contributed by atoms with Crippen molar-refractivity contribution in [2.45, 2.75) is 6.92 Å². The Bertz CT molecular complexity index is 1760. The molecule has 10 heteroatoms. The lowest BCUT2D eigenvalue weighted by molar-refractivity contribution is 0.181. The highest BCUT2D eigenvalue weighted by molar-refractivity contribution is 6.33. The van der Waals surface area contributed by atoms with Crippen LogP contribution < -0.4 is 5.32 Å². The number of pyridine rings is 1. The number of carbonyl (C=O) groups excluding carboxylic acids is 1. The Labute approximate surface area is 217 Å². The molecule has 0 radical (unpaired) electrons. The Morgan fingerprint density at radius 2 is 1.86 bits per heavy atom. The maximum atomic E-state index is 13.2. The molecule has 0 fully saturated rings. The molecule has 5 aromatic rings. The van der Waals surface area contributed by atoms with Crippen molar-refractivity contribution in [3.63, 3.8) is 0 Å². The van der Waals surface area contributed by atoms with Gasteiger partial charge < -0.3 is 14.6 Å². The molecule has 6 rings (SSSR count). The summed E-state index contributed by atoms with van der Waals surface area (Å²) in [5.74, 6) is 1.96. The topological polar surface area (TPSA) is 91.8 Å². The predicted octanol–water partition coefficient (Wildman–Crippen LogP) is 5.98. The minimum absolute atomic E-state index is 0.506. The minimum atomic E-state index is -0.518. The molecular weight excluding hydrogens is 490 g/mol. The average molecular weight is 512 g/mol. The third-order valence-electron chi connectivity index (χ3n) is 6.34. The van der Waals surface area contributed by atoms with Gasteiger partial charge in [0.1, 0.15) is 17.4 Å². The Balaban J connectivity index is 1.37. The summed E-state index contributed by atoms with van der Waals surface area (Å²) in [6.07, 6.45) is 11.9. The average Bonchev–Trinajstić information content (AvgIpc) is 3.54. The van der Waals surface area contributed by atoms with Gasteiger partial charge in [0.15, 0.2) is 0 Å². The molecule has 0 saturated heterocycles. The first-order valence-corrected chi connectivity index (χ1v) is 11.9. The first kappa shape index (κ1) is 22.8. The van der Waals surface area contributed by atoms with E-state index in [0.717, 1.165) is 28.0 Å². The molecule has 1 aliphatic rings. The van der Waals surface area contributed by atoms with Crippen LogP contribution in [-0.4, -0.2) is 35.0 Å². The molecule has 0 saturated carbocycles. The Hall–Kier alpha value is -4.63. The van der Waals surface area contributed by atoms with Crippen molar-refractivity contribution in [2.24, 2.45) is 14.1 Å². The van der Waals surface area contributed by atoms with E-state index in [0.29, 0.717) is 33.5 Å². The molecule has 0 unspecified atom stereocenters. The second-order valence-electron chi connectivity index (χ2n) is 8.76. The molecule has 0 amide bonds. The fourth-order valence-electron chi connectivity index (χ4n) is 4.21. The molecule has 4 heterocycles. The van der Waals surface area contributed by atoms with Crippen LogP contribution in [0.15, 0.2) is 79.1 Å². The zero-order chi connectivity index (χ0) is 25.7. The molecule has 0 atom stereocenters. The van der Waals surface area contributed by atoms with E-state index in [9.17, 15) is 4.79 Å². The van der Waals surface area contributed by atoms with Crippen LogP contribution in [0.3, 0.4) is 0 Å². The number of rotatable bonds is 5. The third kappa shape index (κ3) is 4.09. The lowest BCUT2D eigenvalue weighted by Gasteiger charge is -2.13. The highest BCUT2D eigenvalue weighted by Gasteiger charge is 2.21. The normalized spacial score (nSPS) is 12.5. The quantitative estimate of drug-likeness (QED) is 0.312. The Kier molecular flexibility index (Phi) is 5.42. The first-order chi connectivity index (χ1) is 17.9. The van der Waals surface area contributed by atoms with E-state index in [1.165, 1.54) is 4.57 Å². The van der Waals surface area contributed by atoms with E-state index in [1.807, 2.05) is 68.3 Å². The monoisotopic (exact) mass is 511 g/mol. The number of anilines is 2. The second kappa shape index (κ2) is 8.79. The number of hydrogen-bond donors (Lipinski definition) is 1. The van der Waals surface area contributed by atoms with Crippen LogP contribution in [0.2, 0.25) is 5.02 Å². The highest BCUT2D eigenvalue weighted by Crippen LogP contribution is 2.33. The van der Waals surface area contributed by atoms with Crippen LogP contribution in [0.25, 0.3) is 33.4 Å². The van der Waals surface area contributed by atoms with E-state index in [1.54, 1.807) is 35.3 Å². The van der Waals surface area contributed by atoms with Gasteiger partial charge in [-0.2, -0.15) is 5.10 Å². The van der Waals surface area contributed by atoms with Gasteiger partial charge >= 0.3 is 6.09 Å². The number of imidazole rings is 1. The summed E-state index contributed by atoms with van der Waals surface area (Å²) < 4.78 is 10.8. The molecule has 0 bridgehead atoms. The number of nitrogens with zero attached hydrogens (tertiary/aromatic N) is 6. The SMILES string of the molecule is Cc1ncc(-c2ccc(Nc3cc4c(cn3)cc(-c3cnn(C)c3)n4C(=O)OC3=CC=C3)c(Cl)c2)n1C. The summed E-state index contributed by atoms with van der Waals surface area (Å²) >= 11 is 6.63. The third-order valence-corrected chi connectivity index (χ3v) is 6.66. The maximum absolute atomic E-state index is 13.2. The van der Waals surface area contributed by atoms with Gasteiger partial charge in [-0.1, -0.05) is 23.7 Å². The lowest BCUT2D eigenvalue weighted by atomic mass is 10.1. The van der Waals surface area contributed by atoms with Gasteiger partial charge in [0.2, 0.25) is 0 Å². The number of hydrogen-bond acceptors (Lipinski definition) is 6. The van der Waals surface area contributed by atoms with Crippen molar-refractivity contribution in [3.8, 4) is 22.5 Å². The van der Waals surface area contributed by atoms with Crippen molar-refractivity contribution >= 4 is 40.1 Å². The molecule has 184 valence electrons. The summed E-state index contributed by atoms with van der Waals surface area (Å²) in [6.45, 7) is 1.95. The van der Waals surface area contributed by atoms with Crippen molar-refractivity contribution in [3.05, 3.63) is 90.0 Å². The van der Waals surface area contributed by atoms with Crippen LogP contribution in [0.1, 0.15) is 5.82 Å². The second-order valence-corrected chi connectivity index (χ2v) is 9.17. The number of nitrogens with one attached hydrogen (secondary N) is 1. The summed E-state index contributed by atoms with van der Waals surface area (Å²) in [5, 5.41) is 8.85. The highest BCUT2D eigenvalue weighted by atomic mass is 35.5. The number of fused-ring (bicyclic) bond motifs is 1. The van der Waals surface area contributed by atoms with E-state index >= 15 is 0 Å². The maximum Gasteiger partial charge on any atom is 0.424 e. The number of aryl methyl sites for hydroxylation is 2. The van der Waals surface area contributed by atoms with Crippen LogP contribution in [-0.2, 0) is 18.8 Å². The summed E-state index contributed by atoms with van der Waals surface area (Å²) in [4.78, 5) is 22.1. The van der Waals surface area contributed by atoms with E-state index in [-0.39, 0.29) is 0 Å². The number of halogens is 1. The number of carbonyl (C=O) groups is 1. The Morgan fingerprint density at radius 1 is 1.03 bits per heavy atom. The zero-order valence-electron chi connectivity index (χ0n) is 20.3. The summed E-state index contributed by atoms with van der Waals surface area (Å²) in [6, 6.07) is 9.46. The fraction of sp³-hybridized carbons (Fsp3) is 0.111. The molecule has 1 aromatic carbocycles. The summed E-state index contributed by atoms with van der Waals surface area (Å²) in [7, 11) is 3.79. The van der Waals surface area contributed by atoms with Gasteiger partial charge in [-0.25, -0.2) is 19.3 Å². The molecule has 4 aromatic heterocycles. The van der Waals surface area contributed by atoms with Gasteiger partial charge in [0, 0.05) is 49.1 Å². The number of ether oxygens (including phenoxy) is 1. The van der Waals surface area contributed by atoms with Crippen LogP contribution in [0.5, 0.6) is 0 Å². The smallest absolute Gasteiger partial charge is 0.410 e. The van der Waals surface area contributed by atoms with Crippen LogP contribution in [0, 0.1) is 6.92 Å². The molecular formula is C27H22ClN7O2. The predicted molar refractivity (Wildman–Crippen MR) is 143 cm³/mol. The first-order valence-electron chi connectivity index (χ1n) is 11.5. The van der Waals surface area contributed by atoms with E-state index in [4.69, 9.17) is 16.3 Å². The van der Waals surface area contributed by atoms with Crippen molar-refractivity contribution < 1.29 is 9.53 Å². The van der Waals surface area contributed by atoms with Crippen molar-refractivity contribution in [1.29, 1.82) is 0 Å². The number of aromatic nitrogens is 6.